The van der Waals surface area contributed by atoms with E-state index in [2.05, 4.69) is 10.3 Å². The zero-order valence-electron chi connectivity index (χ0n) is 13.8. The van der Waals surface area contributed by atoms with Crippen LogP contribution in [0.5, 0.6) is 0 Å². The third-order valence-corrected chi connectivity index (χ3v) is 3.74. The summed E-state index contributed by atoms with van der Waals surface area (Å²) in [6.07, 6.45) is 1.60. The Bertz CT molecular complexity index is 931. The molecule has 1 N–H and O–H groups in total. The Hall–Kier alpha value is -3.42. The van der Waals surface area contributed by atoms with Crippen LogP contribution in [-0.4, -0.2) is 39.2 Å². The van der Waals surface area contributed by atoms with Crippen LogP contribution in [0, 0.1) is 10.1 Å². The smallest absolute Gasteiger partial charge is 0.359 e. The number of anilines is 1. The Balaban J connectivity index is 1.80. The number of hydrogen-bond acceptors (Lipinski definition) is 5. The molecule has 3 aromatic rings. The molecule has 0 aliphatic rings. The van der Waals surface area contributed by atoms with E-state index in [1.165, 1.54) is 9.30 Å². The minimum Gasteiger partial charge on any atom is -0.359 e. The molecule has 1 amide bonds. The average molecular weight is 339 g/mol. The number of aromatic nitrogens is 2. The fraction of sp³-hybridized carbons (Fsp3) is 0.176. The fourth-order valence-corrected chi connectivity index (χ4v) is 2.49. The van der Waals surface area contributed by atoms with Gasteiger partial charge in [0.05, 0.1) is 6.20 Å². The quantitative estimate of drug-likeness (QED) is 0.569. The molecular weight excluding hydrogens is 322 g/mol. The predicted molar refractivity (Wildman–Crippen MR) is 93.6 cm³/mol. The van der Waals surface area contributed by atoms with Gasteiger partial charge in [0.1, 0.15) is 0 Å². The number of carbonyl (C=O) groups is 1. The molecule has 8 nitrogen and oxygen atoms in total. The summed E-state index contributed by atoms with van der Waals surface area (Å²) in [6, 6.07) is 12.3. The maximum Gasteiger partial charge on any atom is 0.372 e. The molecule has 1 aromatic carbocycles. The number of imidazole rings is 1. The molecule has 25 heavy (non-hydrogen) atoms. The lowest BCUT2D eigenvalue weighted by Gasteiger charge is -2.10. The van der Waals surface area contributed by atoms with Crippen molar-refractivity contribution < 1.29 is 9.72 Å². The van der Waals surface area contributed by atoms with E-state index in [-0.39, 0.29) is 17.5 Å². The highest BCUT2D eigenvalue weighted by atomic mass is 16.6. The monoisotopic (exact) mass is 339 g/mol. The number of carbonyl (C=O) groups excluding carboxylic acids is 1. The number of nitrogens with zero attached hydrogens (tertiary/aromatic N) is 4. The minimum atomic E-state index is -0.457. The minimum absolute atomic E-state index is 0.0736. The number of hydrogen-bond donors (Lipinski definition) is 1. The van der Waals surface area contributed by atoms with Crippen molar-refractivity contribution in [2.24, 2.45) is 0 Å². The summed E-state index contributed by atoms with van der Waals surface area (Å²) in [5.41, 5.74) is 1.98. The number of benzene rings is 1. The number of rotatable bonds is 5. The molecule has 3 rings (SSSR count). The number of nitrogens with one attached hydrogen (secondary N) is 1. The van der Waals surface area contributed by atoms with Gasteiger partial charge < -0.3 is 20.3 Å². The van der Waals surface area contributed by atoms with Gasteiger partial charge >= 0.3 is 5.82 Å². The second-order valence-corrected chi connectivity index (χ2v) is 5.72. The van der Waals surface area contributed by atoms with E-state index in [4.69, 9.17) is 0 Å². The fourth-order valence-electron chi connectivity index (χ4n) is 2.49. The largest absolute Gasteiger partial charge is 0.372 e. The van der Waals surface area contributed by atoms with Gasteiger partial charge in [0.15, 0.2) is 0 Å². The third kappa shape index (κ3) is 3.27. The van der Waals surface area contributed by atoms with Gasteiger partial charge in [-0.2, -0.15) is 9.38 Å². The van der Waals surface area contributed by atoms with Crippen molar-refractivity contribution in [3.8, 4) is 0 Å². The van der Waals surface area contributed by atoms with Gasteiger partial charge in [-0.25, -0.2) is 0 Å². The standard InChI is InChI=1S/C17H17N5O3/c1-20(2)17(23)13-8-6-12(7-9-13)11-18-15-16(22(24)25)21-10-4-3-5-14(21)19-15/h3-10,18H,11H2,1-2H3. The van der Waals surface area contributed by atoms with E-state index in [0.717, 1.165) is 5.56 Å². The van der Waals surface area contributed by atoms with E-state index in [0.29, 0.717) is 17.8 Å². The molecule has 2 aromatic heterocycles. The van der Waals surface area contributed by atoms with Crippen LogP contribution in [0.4, 0.5) is 11.6 Å². The summed E-state index contributed by atoms with van der Waals surface area (Å²) >= 11 is 0. The van der Waals surface area contributed by atoms with E-state index in [1.54, 1.807) is 50.6 Å². The number of amides is 1. The summed E-state index contributed by atoms with van der Waals surface area (Å²) in [6.45, 7) is 0.362. The second-order valence-electron chi connectivity index (χ2n) is 5.72. The zero-order valence-corrected chi connectivity index (χ0v) is 13.8. The highest BCUT2D eigenvalue weighted by Gasteiger charge is 2.21. The van der Waals surface area contributed by atoms with Crippen LogP contribution in [0.3, 0.4) is 0 Å². The molecule has 2 heterocycles. The van der Waals surface area contributed by atoms with Crippen LogP contribution in [0.15, 0.2) is 48.7 Å². The molecular formula is C17H17N5O3. The van der Waals surface area contributed by atoms with Crippen LogP contribution in [0.1, 0.15) is 15.9 Å². The topological polar surface area (TPSA) is 92.8 Å². The number of nitro groups is 1. The van der Waals surface area contributed by atoms with Crippen molar-refractivity contribution in [3.05, 3.63) is 69.9 Å². The lowest BCUT2D eigenvalue weighted by atomic mass is 10.1. The molecule has 8 heteroatoms. The maximum absolute atomic E-state index is 11.9. The lowest BCUT2D eigenvalue weighted by Crippen LogP contribution is -2.21. The molecule has 0 fully saturated rings. The van der Waals surface area contributed by atoms with E-state index < -0.39 is 4.92 Å². The van der Waals surface area contributed by atoms with Gasteiger partial charge in [0.2, 0.25) is 11.5 Å². The molecule has 0 radical (unpaired) electrons. The molecule has 0 saturated carbocycles. The number of fused-ring (bicyclic) bond motifs is 1. The van der Waals surface area contributed by atoms with Gasteiger partial charge in [0.25, 0.3) is 5.91 Å². The Morgan fingerprint density at radius 3 is 2.60 bits per heavy atom. The summed E-state index contributed by atoms with van der Waals surface area (Å²) in [4.78, 5) is 28.5. The Labute approximate surface area is 143 Å². The van der Waals surface area contributed by atoms with Crippen LogP contribution in [-0.2, 0) is 6.54 Å². The molecule has 128 valence electrons. The van der Waals surface area contributed by atoms with E-state index >= 15 is 0 Å². The first-order valence-electron chi connectivity index (χ1n) is 7.63. The lowest BCUT2D eigenvalue weighted by molar-refractivity contribution is -0.389. The molecule has 0 unspecified atom stereocenters. The SMILES string of the molecule is CN(C)C(=O)c1ccc(CNc2nc3ccccn3c2[N+](=O)[O-])cc1. The second kappa shape index (κ2) is 6.60. The Morgan fingerprint density at radius 2 is 1.96 bits per heavy atom. The summed E-state index contributed by atoms with van der Waals surface area (Å²) in [5.74, 6) is 0.0372. The van der Waals surface area contributed by atoms with Crippen LogP contribution >= 0.6 is 0 Å². The van der Waals surface area contributed by atoms with Gasteiger partial charge in [-0.15, -0.1) is 0 Å². The Morgan fingerprint density at radius 1 is 1.24 bits per heavy atom. The molecule has 0 aliphatic heterocycles. The maximum atomic E-state index is 11.9. The van der Waals surface area contributed by atoms with Crippen molar-refractivity contribution in [1.82, 2.24) is 14.3 Å². The highest BCUT2D eigenvalue weighted by Crippen LogP contribution is 2.25. The van der Waals surface area contributed by atoms with Gasteiger partial charge in [-0.3, -0.25) is 4.79 Å². The normalized spacial score (nSPS) is 10.6. The molecule has 0 bridgehead atoms. The van der Waals surface area contributed by atoms with Gasteiger partial charge in [-0.05, 0) is 28.7 Å². The molecule has 0 saturated heterocycles. The third-order valence-electron chi connectivity index (χ3n) is 3.74. The first-order chi connectivity index (χ1) is 12.0. The van der Waals surface area contributed by atoms with E-state index in [1.807, 2.05) is 12.1 Å². The first-order valence-corrected chi connectivity index (χ1v) is 7.63. The van der Waals surface area contributed by atoms with Crippen molar-refractivity contribution in [2.45, 2.75) is 6.54 Å². The average Bonchev–Trinajstić information content (AvgIpc) is 2.98. The molecule has 0 atom stereocenters. The highest BCUT2D eigenvalue weighted by molar-refractivity contribution is 5.93. The van der Waals surface area contributed by atoms with Crippen molar-refractivity contribution in [3.63, 3.8) is 0 Å². The zero-order chi connectivity index (χ0) is 18.0. The van der Waals surface area contributed by atoms with Gasteiger partial charge in [-0.1, -0.05) is 18.2 Å². The molecule has 0 aliphatic carbocycles. The predicted octanol–water partition coefficient (Wildman–Crippen LogP) is 2.56. The number of pyridine rings is 1. The van der Waals surface area contributed by atoms with Crippen molar-refractivity contribution >= 4 is 23.2 Å². The van der Waals surface area contributed by atoms with Crippen LogP contribution in [0.25, 0.3) is 5.65 Å². The van der Waals surface area contributed by atoms with E-state index in [9.17, 15) is 14.9 Å². The van der Waals surface area contributed by atoms with Crippen LogP contribution < -0.4 is 5.32 Å². The van der Waals surface area contributed by atoms with Gasteiger partial charge in [0, 0.05) is 32.3 Å². The first kappa shape index (κ1) is 16.4. The molecule has 0 spiro atoms. The summed E-state index contributed by atoms with van der Waals surface area (Å²) < 4.78 is 1.43. The van der Waals surface area contributed by atoms with Crippen molar-refractivity contribution in [2.75, 3.05) is 19.4 Å². The van der Waals surface area contributed by atoms with Crippen molar-refractivity contribution in [1.29, 1.82) is 0 Å². The summed E-state index contributed by atoms with van der Waals surface area (Å²) in [7, 11) is 3.39. The Kier molecular flexibility index (Phi) is 4.34. The van der Waals surface area contributed by atoms with Crippen LogP contribution in [0.2, 0.25) is 0 Å². The summed E-state index contributed by atoms with van der Waals surface area (Å²) in [5, 5.41) is 14.4.